The predicted octanol–water partition coefficient (Wildman–Crippen LogP) is 3.70. The van der Waals surface area contributed by atoms with Gasteiger partial charge in [0.2, 0.25) is 0 Å². The molecule has 0 spiro atoms. The van der Waals surface area contributed by atoms with Crippen molar-refractivity contribution in [1.29, 1.82) is 0 Å². The molecule has 0 nitrogen and oxygen atoms in total. The molecule has 0 N–H and O–H groups in total. The number of hydrogen-bond acceptors (Lipinski definition) is 1. The van der Waals surface area contributed by atoms with Crippen LogP contribution in [0.15, 0.2) is 12.0 Å². The highest BCUT2D eigenvalue weighted by molar-refractivity contribution is 7.12. The summed E-state index contributed by atoms with van der Waals surface area (Å²) in [4.78, 5) is 0.932. The number of rotatable bonds is 1. The quantitative estimate of drug-likeness (QED) is 0.616. The van der Waals surface area contributed by atoms with Crippen LogP contribution in [0.2, 0.25) is 10.0 Å². The summed E-state index contributed by atoms with van der Waals surface area (Å²) >= 11 is 12.8. The van der Waals surface area contributed by atoms with E-state index in [1.54, 1.807) is 11.5 Å². The van der Waals surface area contributed by atoms with Gasteiger partial charge in [-0.2, -0.15) is 0 Å². The molecule has 0 radical (unpaired) electrons. The fraction of sp³-hybridized carbons (Fsp3) is 0. The van der Waals surface area contributed by atoms with E-state index in [9.17, 15) is 0 Å². The lowest BCUT2D eigenvalue weighted by Crippen LogP contribution is -1.58. The van der Waals surface area contributed by atoms with E-state index in [4.69, 9.17) is 23.2 Å². The van der Waals surface area contributed by atoms with Gasteiger partial charge in [-0.25, -0.2) is 0 Å². The van der Waals surface area contributed by atoms with E-state index in [0.29, 0.717) is 10.0 Å². The molecule has 0 amide bonds. The van der Waals surface area contributed by atoms with Crippen molar-refractivity contribution in [2.24, 2.45) is 0 Å². The summed E-state index contributed by atoms with van der Waals surface area (Å²) in [6, 6.07) is 0. The first-order valence-corrected chi connectivity index (χ1v) is 3.94. The Morgan fingerprint density at radius 3 is 2.44 bits per heavy atom. The Morgan fingerprint density at radius 2 is 2.22 bits per heavy atom. The molecule has 0 atom stereocenters. The zero-order valence-electron chi connectivity index (χ0n) is 4.53. The summed E-state index contributed by atoms with van der Waals surface area (Å²) in [5.41, 5.74) is 0. The molecule has 3 heteroatoms. The number of thiophene rings is 1. The third-order valence-corrected chi connectivity index (χ3v) is 2.92. The Labute approximate surface area is 67.7 Å². The molecule has 0 aliphatic heterocycles. The van der Waals surface area contributed by atoms with Crippen molar-refractivity contribution >= 4 is 40.6 Å². The second-order valence-corrected chi connectivity index (χ2v) is 3.16. The molecule has 48 valence electrons. The first-order valence-electron chi connectivity index (χ1n) is 2.30. The Bertz CT molecular complexity index is 227. The standard InChI is InChI=1S/C6H4Cl2S/c1-2-5-6(8)4(7)3-9-5/h2-3H,1H2. The minimum atomic E-state index is 0.608. The van der Waals surface area contributed by atoms with Crippen LogP contribution in [-0.4, -0.2) is 0 Å². The maximum Gasteiger partial charge on any atom is 0.0772 e. The smallest absolute Gasteiger partial charge is 0.0772 e. The van der Waals surface area contributed by atoms with E-state index < -0.39 is 0 Å². The van der Waals surface area contributed by atoms with E-state index in [-0.39, 0.29) is 0 Å². The average molecular weight is 179 g/mol. The van der Waals surface area contributed by atoms with Crippen LogP contribution in [0.4, 0.5) is 0 Å². The van der Waals surface area contributed by atoms with Gasteiger partial charge in [-0.3, -0.25) is 0 Å². The third-order valence-electron chi connectivity index (χ3n) is 0.901. The van der Waals surface area contributed by atoms with Crippen LogP contribution in [0, 0.1) is 0 Å². The summed E-state index contributed by atoms with van der Waals surface area (Å²) < 4.78 is 0. The first-order chi connectivity index (χ1) is 4.25. The predicted molar refractivity (Wildman–Crippen MR) is 44.4 cm³/mol. The van der Waals surface area contributed by atoms with Gasteiger partial charge in [-0.15, -0.1) is 11.3 Å². The topological polar surface area (TPSA) is 0 Å². The molecule has 0 fully saturated rings. The van der Waals surface area contributed by atoms with E-state index in [2.05, 4.69) is 6.58 Å². The SMILES string of the molecule is C=Cc1scc(Cl)c1Cl. The van der Waals surface area contributed by atoms with Crippen LogP contribution >= 0.6 is 34.5 Å². The van der Waals surface area contributed by atoms with Crippen LogP contribution < -0.4 is 0 Å². The molecule has 0 bridgehead atoms. The van der Waals surface area contributed by atoms with Gasteiger partial charge >= 0.3 is 0 Å². The Morgan fingerprint density at radius 1 is 1.56 bits per heavy atom. The number of hydrogen-bond donors (Lipinski definition) is 0. The van der Waals surface area contributed by atoms with Gasteiger partial charge in [-0.05, 0) is 0 Å². The van der Waals surface area contributed by atoms with E-state index in [1.807, 2.05) is 0 Å². The molecule has 1 rings (SSSR count). The van der Waals surface area contributed by atoms with Crippen molar-refractivity contribution in [1.82, 2.24) is 0 Å². The van der Waals surface area contributed by atoms with Crippen LogP contribution in [-0.2, 0) is 0 Å². The molecule has 0 saturated heterocycles. The van der Waals surface area contributed by atoms with Crippen molar-refractivity contribution in [3.63, 3.8) is 0 Å². The van der Waals surface area contributed by atoms with Crippen LogP contribution in [0.25, 0.3) is 6.08 Å². The molecule has 0 aliphatic rings. The maximum atomic E-state index is 5.72. The second kappa shape index (κ2) is 2.74. The van der Waals surface area contributed by atoms with Gasteiger partial charge in [0, 0.05) is 10.3 Å². The average Bonchev–Trinajstić information content (AvgIpc) is 2.15. The van der Waals surface area contributed by atoms with Crippen molar-refractivity contribution in [2.45, 2.75) is 0 Å². The molecule has 0 aliphatic carbocycles. The summed E-state index contributed by atoms with van der Waals surface area (Å²) in [6.45, 7) is 3.57. The Balaban J connectivity index is 3.18. The lowest BCUT2D eigenvalue weighted by Gasteiger charge is -1.83. The maximum absolute atomic E-state index is 5.72. The summed E-state index contributed by atoms with van der Waals surface area (Å²) in [5.74, 6) is 0. The largest absolute Gasteiger partial charge is 0.141 e. The minimum absolute atomic E-state index is 0.608. The van der Waals surface area contributed by atoms with Gasteiger partial charge in [-0.1, -0.05) is 35.9 Å². The second-order valence-electron chi connectivity index (χ2n) is 1.47. The van der Waals surface area contributed by atoms with E-state index in [0.717, 1.165) is 4.88 Å². The highest BCUT2D eigenvalue weighted by atomic mass is 35.5. The van der Waals surface area contributed by atoms with Gasteiger partial charge in [0.15, 0.2) is 0 Å². The third kappa shape index (κ3) is 1.29. The van der Waals surface area contributed by atoms with Crippen LogP contribution in [0.5, 0.6) is 0 Å². The highest BCUT2D eigenvalue weighted by Crippen LogP contribution is 2.32. The molecule has 1 heterocycles. The lowest BCUT2D eigenvalue weighted by atomic mass is 10.5. The van der Waals surface area contributed by atoms with Crippen molar-refractivity contribution in [2.75, 3.05) is 0 Å². The molecular weight excluding hydrogens is 175 g/mol. The normalized spacial score (nSPS) is 9.56. The molecule has 9 heavy (non-hydrogen) atoms. The minimum Gasteiger partial charge on any atom is -0.141 e. The Hall–Kier alpha value is 0.0200. The zero-order chi connectivity index (χ0) is 6.85. The van der Waals surface area contributed by atoms with Gasteiger partial charge in [0.05, 0.1) is 10.0 Å². The van der Waals surface area contributed by atoms with Crippen LogP contribution in [0.1, 0.15) is 4.88 Å². The van der Waals surface area contributed by atoms with Crippen molar-refractivity contribution in [3.8, 4) is 0 Å². The van der Waals surface area contributed by atoms with Crippen molar-refractivity contribution in [3.05, 3.63) is 26.9 Å². The molecule has 0 aromatic carbocycles. The first kappa shape index (κ1) is 7.13. The number of halogens is 2. The van der Waals surface area contributed by atoms with Gasteiger partial charge in [0.25, 0.3) is 0 Å². The lowest BCUT2D eigenvalue weighted by molar-refractivity contribution is 1.94. The molecule has 1 aromatic rings. The summed E-state index contributed by atoms with van der Waals surface area (Å²) in [5, 5.41) is 3.01. The molecule has 0 unspecified atom stereocenters. The zero-order valence-corrected chi connectivity index (χ0v) is 6.85. The summed E-state index contributed by atoms with van der Waals surface area (Å²) in [6.07, 6.45) is 1.69. The van der Waals surface area contributed by atoms with E-state index in [1.165, 1.54) is 11.3 Å². The Kier molecular flexibility index (Phi) is 2.17. The molecular formula is C6H4Cl2S. The van der Waals surface area contributed by atoms with E-state index >= 15 is 0 Å². The highest BCUT2D eigenvalue weighted by Gasteiger charge is 2.02. The van der Waals surface area contributed by atoms with Crippen LogP contribution in [0.3, 0.4) is 0 Å². The molecule has 1 aromatic heterocycles. The fourth-order valence-corrected chi connectivity index (χ4v) is 1.75. The molecule has 0 saturated carbocycles. The van der Waals surface area contributed by atoms with Crippen molar-refractivity contribution < 1.29 is 0 Å². The monoisotopic (exact) mass is 178 g/mol. The fourth-order valence-electron chi connectivity index (χ4n) is 0.474. The van der Waals surface area contributed by atoms with Gasteiger partial charge < -0.3 is 0 Å². The van der Waals surface area contributed by atoms with Gasteiger partial charge in [0.1, 0.15) is 0 Å². The summed E-state index contributed by atoms with van der Waals surface area (Å²) in [7, 11) is 0.